The number of nitrogens with two attached hydrogens (primary N) is 1. The number of hydrogen-bond acceptors (Lipinski definition) is 5. The Morgan fingerprint density at radius 1 is 1.38 bits per heavy atom. The minimum Gasteiger partial charge on any atom is -0.491 e. The molecule has 1 unspecified atom stereocenters. The second-order valence-electron chi connectivity index (χ2n) is 4.78. The fourth-order valence-corrected chi connectivity index (χ4v) is 2.42. The van der Waals surface area contributed by atoms with Gasteiger partial charge in [-0.15, -0.1) is 0 Å². The lowest BCUT2D eigenvalue weighted by Gasteiger charge is -2.13. The topological polar surface area (TPSA) is 92.8 Å². The number of oxime groups is 1. The van der Waals surface area contributed by atoms with Crippen LogP contribution in [0.4, 0.5) is 0 Å². The lowest BCUT2D eigenvalue weighted by molar-refractivity contribution is 0.310. The van der Waals surface area contributed by atoms with Crippen LogP contribution in [0.5, 0.6) is 5.75 Å². The minimum atomic E-state index is 0.00970. The second-order valence-corrected chi connectivity index (χ2v) is 4.78. The molecule has 0 amide bonds. The Morgan fingerprint density at radius 3 is 3.10 bits per heavy atom. The molecule has 1 aromatic carbocycles. The lowest BCUT2D eigenvalue weighted by Crippen LogP contribution is -2.25. The zero-order valence-corrected chi connectivity index (χ0v) is 11.4. The Bertz CT molecular complexity index is 672. The molecule has 0 bridgehead atoms. The summed E-state index contributed by atoms with van der Waals surface area (Å²) >= 11 is 0. The Morgan fingerprint density at radius 2 is 2.24 bits per heavy atom. The number of pyridine rings is 1. The van der Waals surface area contributed by atoms with E-state index in [1.807, 2.05) is 36.4 Å². The SMILES string of the molecule is NC(=NO)c1ncccc1CNC1COc2ccccc21. The van der Waals surface area contributed by atoms with E-state index in [4.69, 9.17) is 15.7 Å². The first-order valence-electron chi connectivity index (χ1n) is 6.66. The van der Waals surface area contributed by atoms with Crippen LogP contribution < -0.4 is 15.8 Å². The predicted octanol–water partition coefficient (Wildman–Crippen LogP) is 1.40. The van der Waals surface area contributed by atoms with E-state index in [9.17, 15) is 0 Å². The monoisotopic (exact) mass is 284 g/mol. The molecule has 108 valence electrons. The highest BCUT2D eigenvalue weighted by Crippen LogP contribution is 2.31. The maximum absolute atomic E-state index is 8.81. The van der Waals surface area contributed by atoms with E-state index in [0.29, 0.717) is 18.8 Å². The molecule has 6 nitrogen and oxygen atoms in total. The van der Waals surface area contributed by atoms with Crippen LogP contribution in [0.2, 0.25) is 0 Å². The molecule has 0 spiro atoms. The summed E-state index contributed by atoms with van der Waals surface area (Å²) < 4.78 is 5.63. The Kier molecular flexibility index (Phi) is 3.70. The fraction of sp³-hybridized carbons (Fsp3) is 0.200. The highest BCUT2D eigenvalue weighted by molar-refractivity contribution is 5.96. The molecule has 0 aliphatic carbocycles. The predicted molar refractivity (Wildman–Crippen MR) is 78.3 cm³/mol. The Hall–Kier alpha value is -2.60. The average Bonchev–Trinajstić information content (AvgIpc) is 2.96. The van der Waals surface area contributed by atoms with Crippen molar-refractivity contribution in [1.29, 1.82) is 0 Å². The number of nitrogens with one attached hydrogen (secondary N) is 1. The zero-order chi connectivity index (χ0) is 14.7. The molecule has 2 aromatic rings. The van der Waals surface area contributed by atoms with E-state index in [2.05, 4.69) is 15.5 Å². The Balaban J connectivity index is 1.75. The van der Waals surface area contributed by atoms with Crippen LogP contribution in [-0.4, -0.2) is 22.6 Å². The quantitative estimate of drug-likeness (QED) is 0.341. The number of amidine groups is 1. The number of rotatable bonds is 4. The third kappa shape index (κ3) is 2.66. The third-order valence-electron chi connectivity index (χ3n) is 3.48. The number of aromatic nitrogens is 1. The molecule has 2 heterocycles. The van der Waals surface area contributed by atoms with E-state index in [1.54, 1.807) is 6.20 Å². The van der Waals surface area contributed by atoms with Crippen LogP contribution in [0.3, 0.4) is 0 Å². The van der Waals surface area contributed by atoms with Crippen molar-refractivity contribution in [3.05, 3.63) is 59.4 Å². The molecule has 0 radical (unpaired) electrons. The van der Waals surface area contributed by atoms with Crippen molar-refractivity contribution in [2.75, 3.05) is 6.61 Å². The summed E-state index contributed by atoms with van der Waals surface area (Å²) in [6.07, 6.45) is 1.62. The van der Waals surface area contributed by atoms with Gasteiger partial charge < -0.3 is 21.0 Å². The van der Waals surface area contributed by atoms with Gasteiger partial charge in [-0.3, -0.25) is 4.98 Å². The molecular weight excluding hydrogens is 268 g/mol. The molecule has 1 atom stereocenters. The van der Waals surface area contributed by atoms with Crippen molar-refractivity contribution in [3.63, 3.8) is 0 Å². The van der Waals surface area contributed by atoms with Crippen LogP contribution in [-0.2, 0) is 6.54 Å². The highest BCUT2D eigenvalue weighted by atomic mass is 16.5. The molecule has 1 aliphatic rings. The molecule has 0 saturated heterocycles. The van der Waals surface area contributed by atoms with Gasteiger partial charge >= 0.3 is 0 Å². The molecular formula is C15H16N4O2. The van der Waals surface area contributed by atoms with Crippen LogP contribution in [0.25, 0.3) is 0 Å². The van der Waals surface area contributed by atoms with E-state index in [1.165, 1.54) is 0 Å². The summed E-state index contributed by atoms with van der Waals surface area (Å²) in [6.45, 7) is 1.15. The van der Waals surface area contributed by atoms with E-state index in [-0.39, 0.29) is 11.9 Å². The lowest BCUT2D eigenvalue weighted by atomic mass is 10.1. The van der Waals surface area contributed by atoms with Crippen LogP contribution in [0.15, 0.2) is 47.8 Å². The summed E-state index contributed by atoms with van der Waals surface area (Å²) in [5.74, 6) is 0.924. The molecule has 0 saturated carbocycles. The third-order valence-corrected chi connectivity index (χ3v) is 3.48. The number of nitrogens with zero attached hydrogens (tertiary/aromatic N) is 2. The van der Waals surface area contributed by atoms with Crippen LogP contribution in [0.1, 0.15) is 22.9 Å². The maximum Gasteiger partial charge on any atom is 0.189 e. The smallest absolute Gasteiger partial charge is 0.189 e. The first kappa shape index (κ1) is 13.4. The van der Waals surface area contributed by atoms with Gasteiger partial charge in [-0.1, -0.05) is 29.4 Å². The van der Waals surface area contributed by atoms with Crippen LogP contribution in [0, 0.1) is 0 Å². The first-order chi connectivity index (χ1) is 10.3. The summed E-state index contributed by atoms with van der Waals surface area (Å²) in [5, 5.41) is 15.2. The van der Waals surface area contributed by atoms with Gasteiger partial charge in [0.15, 0.2) is 5.84 Å². The molecule has 6 heteroatoms. The number of fused-ring (bicyclic) bond motifs is 1. The molecule has 1 aromatic heterocycles. The van der Waals surface area contributed by atoms with Crippen molar-refractivity contribution >= 4 is 5.84 Å². The zero-order valence-electron chi connectivity index (χ0n) is 11.4. The highest BCUT2D eigenvalue weighted by Gasteiger charge is 2.23. The number of hydrogen-bond donors (Lipinski definition) is 3. The fourth-order valence-electron chi connectivity index (χ4n) is 2.42. The second kappa shape index (κ2) is 5.80. The van der Waals surface area contributed by atoms with Gasteiger partial charge in [-0.05, 0) is 17.7 Å². The molecule has 0 fully saturated rings. The van der Waals surface area contributed by atoms with Crippen LogP contribution >= 0.6 is 0 Å². The van der Waals surface area contributed by atoms with E-state index >= 15 is 0 Å². The van der Waals surface area contributed by atoms with Gasteiger partial charge in [0.25, 0.3) is 0 Å². The van der Waals surface area contributed by atoms with Gasteiger partial charge in [0.2, 0.25) is 0 Å². The largest absolute Gasteiger partial charge is 0.491 e. The summed E-state index contributed by atoms with van der Waals surface area (Å²) in [4.78, 5) is 4.15. The van der Waals surface area contributed by atoms with E-state index in [0.717, 1.165) is 16.9 Å². The van der Waals surface area contributed by atoms with Gasteiger partial charge in [-0.2, -0.15) is 0 Å². The summed E-state index contributed by atoms with van der Waals surface area (Å²) in [6, 6.07) is 11.8. The molecule has 3 rings (SSSR count). The van der Waals surface area contributed by atoms with E-state index < -0.39 is 0 Å². The average molecular weight is 284 g/mol. The van der Waals surface area contributed by atoms with Crippen molar-refractivity contribution in [3.8, 4) is 5.75 Å². The molecule has 4 N–H and O–H groups in total. The Labute approximate surface area is 122 Å². The van der Waals surface area contributed by atoms with Crippen molar-refractivity contribution < 1.29 is 9.94 Å². The molecule has 21 heavy (non-hydrogen) atoms. The van der Waals surface area contributed by atoms with Gasteiger partial charge in [0, 0.05) is 18.3 Å². The van der Waals surface area contributed by atoms with Gasteiger partial charge in [0.05, 0.1) is 6.04 Å². The van der Waals surface area contributed by atoms with Crippen molar-refractivity contribution in [2.45, 2.75) is 12.6 Å². The number of benzene rings is 1. The number of ether oxygens (including phenoxy) is 1. The summed E-state index contributed by atoms with van der Waals surface area (Å²) in [5.41, 5.74) is 8.14. The standard InChI is InChI=1S/C15H16N4O2/c16-15(19-20)14-10(4-3-7-17-14)8-18-12-9-21-13-6-2-1-5-11(12)13/h1-7,12,18,20H,8-9H2,(H2,16,19). The van der Waals surface area contributed by atoms with Gasteiger partial charge in [0.1, 0.15) is 18.1 Å². The van der Waals surface area contributed by atoms with Gasteiger partial charge in [-0.25, -0.2) is 0 Å². The maximum atomic E-state index is 8.81. The summed E-state index contributed by atoms with van der Waals surface area (Å²) in [7, 11) is 0. The number of para-hydroxylation sites is 1. The normalized spacial score (nSPS) is 17.3. The van der Waals surface area contributed by atoms with Crippen molar-refractivity contribution in [1.82, 2.24) is 10.3 Å². The first-order valence-corrected chi connectivity index (χ1v) is 6.66. The minimum absolute atomic E-state index is 0.00970. The molecule has 1 aliphatic heterocycles. The van der Waals surface area contributed by atoms with Crippen molar-refractivity contribution in [2.24, 2.45) is 10.9 Å².